The van der Waals surface area contributed by atoms with Crippen molar-refractivity contribution in [1.82, 2.24) is 0 Å². The number of benzene rings is 1. The average Bonchev–Trinajstić information content (AvgIpc) is 2.22. The molecule has 0 bridgehead atoms. The number of hydrogen-bond acceptors (Lipinski definition) is 3. The van der Waals surface area contributed by atoms with Gasteiger partial charge in [-0.1, -0.05) is 0 Å². The van der Waals surface area contributed by atoms with Crippen molar-refractivity contribution in [2.75, 3.05) is 13.2 Å². The first-order chi connectivity index (χ1) is 8.29. The maximum atomic E-state index is 13.1. The van der Waals surface area contributed by atoms with Crippen molar-refractivity contribution in [2.45, 2.75) is 39.4 Å². The number of ether oxygens (including phenoxy) is 2. The maximum absolute atomic E-state index is 13.1. The summed E-state index contributed by atoms with van der Waals surface area (Å²) in [6.07, 6.45) is -0.691. The third-order valence-corrected chi connectivity index (χ3v) is 2.30. The van der Waals surface area contributed by atoms with Crippen LogP contribution in [0.2, 0.25) is 0 Å². The van der Waals surface area contributed by atoms with Crippen molar-refractivity contribution < 1.29 is 19.0 Å². The average molecular weight is 256 g/mol. The van der Waals surface area contributed by atoms with Crippen molar-refractivity contribution in [1.29, 1.82) is 0 Å². The molecule has 18 heavy (non-hydrogen) atoms. The lowest BCUT2D eigenvalue weighted by atomic mass is 10.1. The van der Waals surface area contributed by atoms with Crippen molar-refractivity contribution in [3.63, 3.8) is 0 Å². The number of hydrogen-bond donors (Lipinski definition) is 1. The summed E-state index contributed by atoms with van der Waals surface area (Å²) in [7, 11) is 0. The second-order valence-corrected chi connectivity index (χ2v) is 5.17. The van der Waals surface area contributed by atoms with Gasteiger partial charge >= 0.3 is 0 Å². The molecular weight excluding hydrogens is 235 g/mol. The Labute approximate surface area is 108 Å². The zero-order valence-electron chi connectivity index (χ0n) is 11.4. The molecule has 102 valence electrons. The Morgan fingerprint density at radius 3 is 2.50 bits per heavy atom. The molecule has 0 amide bonds. The molecule has 0 unspecified atom stereocenters. The van der Waals surface area contributed by atoms with Gasteiger partial charge in [-0.05, 0) is 39.8 Å². The molecule has 0 aliphatic rings. The summed E-state index contributed by atoms with van der Waals surface area (Å²) in [6, 6.07) is 4.11. The maximum Gasteiger partial charge on any atom is 0.128 e. The van der Waals surface area contributed by atoms with Gasteiger partial charge in [0, 0.05) is 11.6 Å². The van der Waals surface area contributed by atoms with Crippen LogP contribution >= 0.6 is 0 Å². The van der Waals surface area contributed by atoms with E-state index in [1.807, 2.05) is 20.8 Å². The molecule has 0 aliphatic carbocycles. The lowest BCUT2D eigenvalue weighted by molar-refractivity contribution is -0.0166. The van der Waals surface area contributed by atoms with E-state index in [-0.39, 0.29) is 11.4 Å². The summed E-state index contributed by atoms with van der Waals surface area (Å²) in [4.78, 5) is 0. The molecule has 0 saturated heterocycles. The van der Waals surface area contributed by atoms with E-state index in [1.54, 1.807) is 6.92 Å². The van der Waals surface area contributed by atoms with E-state index >= 15 is 0 Å². The van der Waals surface area contributed by atoms with Crippen LogP contribution in [-0.2, 0) is 4.74 Å². The Morgan fingerprint density at radius 1 is 1.28 bits per heavy atom. The van der Waals surface area contributed by atoms with Crippen LogP contribution in [0.5, 0.6) is 5.75 Å². The highest BCUT2D eigenvalue weighted by atomic mass is 19.1. The minimum atomic E-state index is -0.691. The molecule has 0 fully saturated rings. The molecule has 0 saturated carbocycles. The van der Waals surface area contributed by atoms with Crippen LogP contribution in [0.15, 0.2) is 18.2 Å². The van der Waals surface area contributed by atoms with E-state index in [2.05, 4.69) is 0 Å². The molecule has 0 aromatic heterocycles. The molecule has 4 heteroatoms. The lowest BCUT2D eigenvalue weighted by Gasteiger charge is -2.20. The fraction of sp³-hybridized carbons (Fsp3) is 0.571. The van der Waals surface area contributed by atoms with Gasteiger partial charge < -0.3 is 14.6 Å². The quantitative estimate of drug-likeness (QED) is 0.823. The van der Waals surface area contributed by atoms with Crippen molar-refractivity contribution >= 4 is 0 Å². The molecule has 1 aromatic carbocycles. The Kier molecular flexibility index (Phi) is 5.11. The predicted molar refractivity (Wildman–Crippen MR) is 68.2 cm³/mol. The van der Waals surface area contributed by atoms with Gasteiger partial charge in [-0.3, -0.25) is 0 Å². The molecule has 1 N–H and O–H groups in total. The smallest absolute Gasteiger partial charge is 0.128 e. The number of aliphatic hydroxyl groups is 1. The molecule has 1 aromatic rings. The minimum Gasteiger partial charge on any atom is -0.491 e. The number of halogens is 1. The van der Waals surface area contributed by atoms with Gasteiger partial charge in [0.25, 0.3) is 0 Å². The molecule has 0 spiro atoms. The molecule has 0 radical (unpaired) electrons. The van der Waals surface area contributed by atoms with Crippen LogP contribution in [0.25, 0.3) is 0 Å². The summed E-state index contributed by atoms with van der Waals surface area (Å²) in [5.41, 5.74) is 0.352. The van der Waals surface area contributed by atoms with Crippen LogP contribution in [-0.4, -0.2) is 23.9 Å². The van der Waals surface area contributed by atoms with E-state index in [4.69, 9.17) is 9.47 Å². The number of aliphatic hydroxyl groups excluding tert-OH is 1. The molecule has 1 atom stereocenters. The van der Waals surface area contributed by atoms with Crippen LogP contribution in [0.4, 0.5) is 4.39 Å². The van der Waals surface area contributed by atoms with E-state index in [9.17, 15) is 9.50 Å². The van der Waals surface area contributed by atoms with Crippen LogP contribution in [0.3, 0.4) is 0 Å². The first-order valence-corrected chi connectivity index (χ1v) is 6.04. The highest BCUT2D eigenvalue weighted by Crippen LogP contribution is 2.26. The van der Waals surface area contributed by atoms with Gasteiger partial charge in [-0.25, -0.2) is 4.39 Å². The second-order valence-electron chi connectivity index (χ2n) is 5.17. The summed E-state index contributed by atoms with van der Waals surface area (Å²) < 4.78 is 24.1. The van der Waals surface area contributed by atoms with E-state index in [0.29, 0.717) is 24.5 Å². The molecule has 0 heterocycles. The van der Waals surface area contributed by atoms with E-state index in [0.717, 1.165) is 0 Å². The Bertz CT molecular complexity index is 383. The van der Waals surface area contributed by atoms with Crippen LogP contribution in [0, 0.1) is 5.82 Å². The van der Waals surface area contributed by atoms with Gasteiger partial charge in [0.15, 0.2) is 0 Å². The monoisotopic (exact) mass is 256 g/mol. The van der Waals surface area contributed by atoms with Crippen LogP contribution in [0.1, 0.15) is 39.4 Å². The standard InChI is InChI=1S/C14H21FO3/c1-10(16)12-6-5-11(15)9-13(12)17-7-8-18-14(2,3)4/h5-6,9-10,16H,7-8H2,1-4H3/t10-/m0/s1. The first-order valence-electron chi connectivity index (χ1n) is 6.04. The third kappa shape index (κ3) is 5.02. The summed E-state index contributed by atoms with van der Waals surface area (Å²) >= 11 is 0. The van der Waals surface area contributed by atoms with Gasteiger partial charge in [0.2, 0.25) is 0 Å². The zero-order valence-corrected chi connectivity index (χ0v) is 11.4. The van der Waals surface area contributed by atoms with Crippen molar-refractivity contribution in [2.24, 2.45) is 0 Å². The minimum absolute atomic E-state index is 0.224. The second kappa shape index (κ2) is 6.16. The van der Waals surface area contributed by atoms with Crippen molar-refractivity contribution in [3.8, 4) is 5.75 Å². The highest BCUT2D eigenvalue weighted by molar-refractivity contribution is 5.35. The third-order valence-electron chi connectivity index (χ3n) is 2.30. The topological polar surface area (TPSA) is 38.7 Å². The normalized spacial score (nSPS) is 13.4. The van der Waals surface area contributed by atoms with E-state index in [1.165, 1.54) is 18.2 Å². The van der Waals surface area contributed by atoms with Crippen molar-refractivity contribution in [3.05, 3.63) is 29.6 Å². The van der Waals surface area contributed by atoms with Gasteiger partial charge in [0.05, 0.1) is 18.3 Å². The highest BCUT2D eigenvalue weighted by Gasteiger charge is 2.12. The largest absolute Gasteiger partial charge is 0.491 e. The van der Waals surface area contributed by atoms with Gasteiger partial charge in [-0.2, -0.15) is 0 Å². The molecular formula is C14H21FO3. The first kappa shape index (κ1) is 14.9. The summed E-state index contributed by atoms with van der Waals surface area (Å²) in [5, 5.41) is 9.55. The number of rotatable bonds is 5. The Morgan fingerprint density at radius 2 is 1.94 bits per heavy atom. The molecule has 0 aliphatic heterocycles. The van der Waals surface area contributed by atoms with Crippen LogP contribution < -0.4 is 4.74 Å². The predicted octanol–water partition coefficient (Wildman–Crippen LogP) is 3.07. The fourth-order valence-electron chi connectivity index (χ4n) is 1.48. The Balaban J connectivity index is 2.58. The SMILES string of the molecule is C[C@H](O)c1ccc(F)cc1OCCOC(C)(C)C. The van der Waals surface area contributed by atoms with Gasteiger partial charge in [0.1, 0.15) is 18.2 Å². The Hall–Kier alpha value is -1.13. The fourth-order valence-corrected chi connectivity index (χ4v) is 1.48. The molecule has 3 nitrogen and oxygen atoms in total. The zero-order chi connectivity index (χ0) is 13.8. The summed E-state index contributed by atoms with van der Waals surface area (Å²) in [6.45, 7) is 8.22. The van der Waals surface area contributed by atoms with E-state index < -0.39 is 6.10 Å². The summed E-state index contributed by atoms with van der Waals surface area (Å²) in [5.74, 6) is -0.0198. The lowest BCUT2D eigenvalue weighted by Crippen LogP contribution is -2.22. The van der Waals surface area contributed by atoms with Gasteiger partial charge in [-0.15, -0.1) is 0 Å². The molecule has 1 rings (SSSR count).